The molecular weight excluding hydrogens is 757 g/mol. The van der Waals surface area contributed by atoms with E-state index < -0.39 is 31.4 Å². The first-order chi connectivity index (χ1) is 25.8. The normalized spacial score (nSPS) is 12.3. The van der Waals surface area contributed by atoms with Crippen molar-refractivity contribution in [2.45, 2.75) is 43.9 Å². The number of aromatic amines is 2. The van der Waals surface area contributed by atoms with Crippen molar-refractivity contribution in [3.05, 3.63) is 127 Å². The minimum Gasteiger partial charge on any atom is -0.506 e. The summed E-state index contributed by atoms with van der Waals surface area (Å²) in [5.74, 6) is -0.448. The van der Waals surface area contributed by atoms with Crippen LogP contribution in [-0.4, -0.2) is 55.7 Å². The van der Waals surface area contributed by atoms with Crippen molar-refractivity contribution in [1.29, 1.82) is 0 Å². The van der Waals surface area contributed by atoms with E-state index in [0.717, 1.165) is 21.5 Å². The summed E-state index contributed by atoms with van der Waals surface area (Å²) in [5.41, 5.74) is 2.36. The van der Waals surface area contributed by atoms with Crippen LogP contribution in [0.25, 0.3) is 11.4 Å². The fourth-order valence-corrected chi connectivity index (χ4v) is 6.83. The van der Waals surface area contributed by atoms with Gasteiger partial charge < -0.3 is 10.2 Å². The van der Waals surface area contributed by atoms with Crippen molar-refractivity contribution in [3.8, 4) is 22.9 Å². The summed E-state index contributed by atoms with van der Waals surface area (Å²) >= 11 is 0. The third kappa shape index (κ3) is 7.92. The fourth-order valence-electron chi connectivity index (χ4n) is 5.70. The summed E-state index contributed by atoms with van der Waals surface area (Å²) in [6.45, 7) is 6.33. The maximum absolute atomic E-state index is 13.2. The maximum atomic E-state index is 13.2. The summed E-state index contributed by atoms with van der Waals surface area (Å²) < 4.78 is 66.9. The molecule has 2 heterocycles. The molecule has 0 saturated carbocycles. The Kier molecular flexibility index (Phi) is 10.0. The van der Waals surface area contributed by atoms with Crippen LogP contribution >= 0.6 is 0 Å². The van der Waals surface area contributed by atoms with E-state index in [-0.39, 0.29) is 50.5 Å². The van der Waals surface area contributed by atoms with Gasteiger partial charge in [0.05, 0.1) is 32.6 Å². The van der Waals surface area contributed by atoms with Crippen LogP contribution in [0, 0.1) is 27.7 Å². The highest BCUT2D eigenvalue weighted by atomic mass is 32.2. The Labute approximate surface area is 312 Å². The van der Waals surface area contributed by atoms with E-state index in [1.807, 2.05) is 0 Å². The lowest BCUT2D eigenvalue weighted by atomic mass is 10.0. The van der Waals surface area contributed by atoms with E-state index in [1.54, 1.807) is 39.8 Å². The molecule has 0 radical (unpaired) electrons. The van der Waals surface area contributed by atoms with Gasteiger partial charge in [-0.25, -0.2) is 9.36 Å². The highest BCUT2D eigenvalue weighted by molar-refractivity contribution is 7.86. The highest BCUT2D eigenvalue weighted by Crippen LogP contribution is 2.33. The van der Waals surface area contributed by atoms with Gasteiger partial charge in [0.2, 0.25) is 0 Å². The van der Waals surface area contributed by atoms with Gasteiger partial charge in [-0.05, 0) is 117 Å². The number of hydrogen-bond acceptors (Lipinski definition) is 12. The van der Waals surface area contributed by atoms with Crippen LogP contribution in [0.1, 0.15) is 33.6 Å². The molecule has 4 aromatic carbocycles. The van der Waals surface area contributed by atoms with Crippen molar-refractivity contribution >= 4 is 43.0 Å². The van der Waals surface area contributed by atoms with Crippen molar-refractivity contribution in [1.82, 2.24) is 19.6 Å². The Morgan fingerprint density at radius 1 is 0.564 bits per heavy atom. The van der Waals surface area contributed by atoms with Gasteiger partial charge in [0.25, 0.3) is 31.4 Å². The zero-order chi connectivity index (χ0) is 40.0. The first-order valence-corrected chi connectivity index (χ1v) is 19.0. The van der Waals surface area contributed by atoms with E-state index in [9.17, 15) is 45.7 Å². The van der Waals surface area contributed by atoms with Gasteiger partial charge in [-0.15, -0.1) is 20.5 Å². The number of aromatic nitrogens is 4. The molecule has 6 N–H and O–H groups in total. The van der Waals surface area contributed by atoms with Gasteiger partial charge in [0, 0.05) is 0 Å². The molecule has 6 rings (SSSR count). The SMILES string of the molecule is Cc1cc(S(=O)(=O)O)ccc1-n1[nH]c(C)c(N=Nc2ccc(Cc3ccc(N=Nc4c(C)[nH]n(-c5ccc(S(=O)(=O)O)cc5C)c4=O)c(O)c3)cc2O)c1=O. The van der Waals surface area contributed by atoms with Crippen molar-refractivity contribution in [3.63, 3.8) is 0 Å². The molecule has 0 spiro atoms. The number of hydrogen-bond donors (Lipinski definition) is 6. The molecule has 0 aliphatic heterocycles. The third-order valence-corrected chi connectivity index (χ3v) is 10.2. The molecule has 0 atom stereocenters. The minimum absolute atomic E-state index is 0.0463. The quantitative estimate of drug-likeness (QED) is 0.0675. The second-order valence-electron chi connectivity index (χ2n) is 12.5. The summed E-state index contributed by atoms with van der Waals surface area (Å²) in [6, 6.07) is 16.8. The number of azo groups is 2. The van der Waals surface area contributed by atoms with Crippen LogP contribution < -0.4 is 11.1 Å². The first kappa shape index (κ1) is 38.3. The monoisotopic (exact) mass is 788 g/mol. The topological polar surface area (TPSA) is 274 Å². The predicted molar refractivity (Wildman–Crippen MR) is 199 cm³/mol. The standard InChI is InChI=1S/C35H32N8O10S2/c1-18-13-24(54(48,49)50)7-11-28(18)42-34(46)32(20(3)40-42)38-36-26-9-5-22(16-30(26)44)15-23-6-10-27(31(45)17-23)37-39-33-21(4)41-43(35(33)47)29-12-8-25(14-19(29)2)55(51,52)53/h5-14,16-17,40-41,44-45H,15H2,1-4H3,(H,48,49,50)(H,51,52,53). The van der Waals surface area contributed by atoms with E-state index in [2.05, 4.69) is 30.7 Å². The van der Waals surface area contributed by atoms with E-state index in [1.165, 1.54) is 48.5 Å². The number of rotatable bonds is 10. The predicted octanol–water partition coefficient (Wildman–Crippen LogP) is 6.20. The Bertz CT molecular complexity index is 2730. The van der Waals surface area contributed by atoms with Gasteiger partial charge in [0.1, 0.15) is 22.9 Å². The average Bonchev–Trinajstić information content (AvgIpc) is 3.54. The number of H-pyrrole nitrogens is 2. The van der Waals surface area contributed by atoms with Crippen molar-refractivity contribution in [2.75, 3.05) is 0 Å². The zero-order valence-corrected chi connectivity index (χ0v) is 31.0. The van der Waals surface area contributed by atoms with Gasteiger partial charge in [-0.2, -0.15) is 16.8 Å². The van der Waals surface area contributed by atoms with Gasteiger partial charge in [0.15, 0.2) is 11.4 Å². The van der Waals surface area contributed by atoms with Gasteiger partial charge in [-0.1, -0.05) is 12.1 Å². The number of benzene rings is 4. The van der Waals surface area contributed by atoms with Gasteiger partial charge in [-0.3, -0.25) is 28.9 Å². The number of aromatic hydroxyl groups is 2. The van der Waals surface area contributed by atoms with Crippen LogP contribution in [-0.2, 0) is 26.7 Å². The Morgan fingerprint density at radius 2 is 0.945 bits per heavy atom. The van der Waals surface area contributed by atoms with Crippen LogP contribution in [0.5, 0.6) is 11.5 Å². The van der Waals surface area contributed by atoms with E-state index in [4.69, 9.17) is 0 Å². The molecule has 2 aromatic heterocycles. The Morgan fingerprint density at radius 3 is 1.27 bits per heavy atom. The molecule has 20 heteroatoms. The number of aryl methyl sites for hydroxylation is 4. The second-order valence-corrected chi connectivity index (χ2v) is 15.4. The molecule has 55 heavy (non-hydrogen) atoms. The zero-order valence-electron chi connectivity index (χ0n) is 29.4. The molecule has 0 saturated heterocycles. The lowest BCUT2D eigenvalue weighted by molar-refractivity contribution is 0.475. The van der Waals surface area contributed by atoms with Crippen LogP contribution in [0.15, 0.2) is 113 Å². The Hall–Kier alpha value is -6.48. The van der Waals surface area contributed by atoms with Crippen LogP contribution in [0.4, 0.5) is 22.7 Å². The molecule has 6 aromatic rings. The molecular formula is C35H32N8O10S2. The summed E-state index contributed by atoms with van der Waals surface area (Å²) in [7, 11) is -8.86. The molecule has 18 nitrogen and oxygen atoms in total. The van der Waals surface area contributed by atoms with Crippen molar-refractivity contribution in [2.24, 2.45) is 20.5 Å². The smallest absolute Gasteiger partial charge is 0.299 e. The summed E-state index contributed by atoms with van der Waals surface area (Å²) in [5, 5.41) is 43.3. The molecule has 0 bridgehead atoms. The number of phenols is 2. The minimum atomic E-state index is -4.43. The van der Waals surface area contributed by atoms with Crippen molar-refractivity contribution < 1.29 is 36.2 Å². The highest BCUT2D eigenvalue weighted by Gasteiger charge is 2.19. The molecule has 0 amide bonds. The Balaban J connectivity index is 1.16. The second kappa shape index (κ2) is 14.4. The third-order valence-electron chi connectivity index (χ3n) is 8.50. The van der Waals surface area contributed by atoms with Crippen LogP contribution in [0.2, 0.25) is 0 Å². The fraction of sp³-hybridized carbons (Fsp3) is 0.143. The molecule has 0 aliphatic carbocycles. The number of nitrogens with zero attached hydrogens (tertiary/aromatic N) is 6. The summed E-state index contributed by atoms with van der Waals surface area (Å²) in [4.78, 5) is 25.7. The molecule has 0 fully saturated rings. The lowest BCUT2D eigenvalue weighted by Gasteiger charge is -2.07. The largest absolute Gasteiger partial charge is 0.506 e. The maximum Gasteiger partial charge on any atom is 0.299 e. The van der Waals surface area contributed by atoms with E-state index >= 15 is 0 Å². The average molecular weight is 789 g/mol. The van der Waals surface area contributed by atoms with Crippen LogP contribution in [0.3, 0.4) is 0 Å². The first-order valence-electron chi connectivity index (χ1n) is 16.1. The number of nitrogens with one attached hydrogen (secondary N) is 2. The number of phenolic OH excluding ortho intramolecular Hbond substituents is 2. The molecule has 284 valence electrons. The van der Waals surface area contributed by atoms with E-state index in [0.29, 0.717) is 45.0 Å². The summed E-state index contributed by atoms with van der Waals surface area (Å²) in [6.07, 6.45) is 0.282. The van der Waals surface area contributed by atoms with Gasteiger partial charge >= 0.3 is 0 Å². The molecule has 0 aliphatic rings. The molecule has 0 unspecified atom stereocenters. The lowest BCUT2D eigenvalue weighted by Crippen LogP contribution is -2.15.